The highest BCUT2D eigenvalue weighted by Crippen LogP contribution is 2.48. The van der Waals surface area contributed by atoms with Gasteiger partial charge in [0.15, 0.2) is 0 Å². The summed E-state index contributed by atoms with van der Waals surface area (Å²) < 4.78 is 1.04. The van der Waals surface area contributed by atoms with Crippen molar-refractivity contribution >= 4 is 0 Å². The molecule has 1 N–H and O–H groups in total. The molecule has 5 aromatic rings. The second kappa shape index (κ2) is 13.1. The van der Waals surface area contributed by atoms with Gasteiger partial charge in [0, 0.05) is 24.9 Å². The SMILES string of the molecule is CC[N+]1(Cc2ccccc2)CCNC(Cc2ccccc2)(Cc2ccccc2)C1(Cc1ccccc1)Cc1ccccc1. The van der Waals surface area contributed by atoms with Crippen LogP contribution in [0.4, 0.5) is 0 Å². The monoisotopic (exact) mass is 565 g/mol. The van der Waals surface area contributed by atoms with Gasteiger partial charge < -0.3 is 4.48 Å². The van der Waals surface area contributed by atoms with Crippen molar-refractivity contribution in [1.29, 1.82) is 0 Å². The van der Waals surface area contributed by atoms with Crippen LogP contribution in [0.5, 0.6) is 0 Å². The molecule has 1 aliphatic heterocycles. The standard InChI is InChI=1S/C41H45N2/c1-2-43(34-39-26-16-7-17-27-39)29-28-42-40(30-35-18-8-3-9-19-35,31-36-20-10-4-11-21-36)41(43,32-37-22-12-5-13-23-37)33-38-24-14-6-15-25-38/h3-27,42H,2,28-34H2,1H3/q+1. The first-order valence-corrected chi connectivity index (χ1v) is 16.0. The Morgan fingerprint density at radius 3 is 1.21 bits per heavy atom. The van der Waals surface area contributed by atoms with Gasteiger partial charge in [0.1, 0.15) is 12.1 Å². The van der Waals surface area contributed by atoms with E-state index in [4.69, 9.17) is 0 Å². The fraction of sp³-hybridized carbons (Fsp3) is 0.268. The van der Waals surface area contributed by atoms with Crippen molar-refractivity contribution < 1.29 is 4.48 Å². The highest BCUT2D eigenvalue weighted by atomic mass is 15.5. The van der Waals surface area contributed by atoms with E-state index in [0.29, 0.717) is 0 Å². The predicted molar refractivity (Wildman–Crippen MR) is 180 cm³/mol. The maximum absolute atomic E-state index is 4.32. The Morgan fingerprint density at radius 2 is 0.837 bits per heavy atom. The average molecular weight is 566 g/mol. The second-order valence-corrected chi connectivity index (χ2v) is 12.5. The number of hydrogen-bond donors (Lipinski definition) is 1. The van der Waals surface area contributed by atoms with E-state index < -0.39 is 0 Å². The summed E-state index contributed by atoms with van der Waals surface area (Å²) >= 11 is 0. The van der Waals surface area contributed by atoms with Gasteiger partial charge in [0.05, 0.1) is 18.6 Å². The van der Waals surface area contributed by atoms with Crippen LogP contribution in [0.3, 0.4) is 0 Å². The molecule has 5 aromatic carbocycles. The minimum atomic E-state index is -0.204. The second-order valence-electron chi connectivity index (χ2n) is 12.5. The Morgan fingerprint density at radius 1 is 0.488 bits per heavy atom. The molecular weight excluding hydrogens is 520 g/mol. The van der Waals surface area contributed by atoms with Gasteiger partial charge in [-0.05, 0) is 42.0 Å². The zero-order chi connectivity index (χ0) is 29.4. The van der Waals surface area contributed by atoms with Crippen LogP contribution in [0.1, 0.15) is 34.7 Å². The van der Waals surface area contributed by atoms with Gasteiger partial charge in [0.25, 0.3) is 0 Å². The fourth-order valence-electron chi connectivity index (χ4n) is 8.09. The first-order valence-electron chi connectivity index (χ1n) is 16.0. The topological polar surface area (TPSA) is 12.0 Å². The van der Waals surface area contributed by atoms with Crippen LogP contribution in [0, 0.1) is 0 Å². The van der Waals surface area contributed by atoms with E-state index in [2.05, 4.69) is 164 Å². The molecule has 43 heavy (non-hydrogen) atoms. The molecule has 2 nitrogen and oxygen atoms in total. The highest BCUT2D eigenvalue weighted by molar-refractivity contribution is 5.33. The molecule has 1 heterocycles. The Bertz CT molecular complexity index is 1450. The van der Waals surface area contributed by atoms with Gasteiger partial charge in [-0.15, -0.1) is 0 Å². The molecule has 2 heteroatoms. The molecule has 0 saturated carbocycles. The number of rotatable bonds is 11. The van der Waals surface area contributed by atoms with Crippen LogP contribution in [0.2, 0.25) is 0 Å². The van der Waals surface area contributed by atoms with Crippen molar-refractivity contribution in [3.63, 3.8) is 0 Å². The van der Waals surface area contributed by atoms with Crippen LogP contribution >= 0.6 is 0 Å². The van der Waals surface area contributed by atoms with Crippen LogP contribution in [-0.4, -0.2) is 35.2 Å². The molecule has 0 amide bonds. The van der Waals surface area contributed by atoms with E-state index in [0.717, 1.165) is 56.3 Å². The Labute approximate surface area is 258 Å². The fourth-order valence-corrected chi connectivity index (χ4v) is 8.09. The maximum atomic E-state index is 4.32. The van der Waals surface area contributed by atoms with Gasteiger partial charge in [0.2, 0.25) is 0 Å². The van der Waals surface area contributed by atoms with Crippen molar-refractivity contribution in [3.05, 3.63) is 179 Å². The number of nitrogens with one attached hydrogen (secondary N) is 1. The number of likely N-dealkylation sites (N-methyl/N-ethyl adjacent to an activating group) is 1. The molecule has 0 aliphatic carbocycles. The summed E-state index contributed by atoms with van der Waals surface area (Å²) in [4.78, 5) is 0. The number of benzene rings is 5. The smallest absolute Gasteiger partial charge is 0.127 e. The summed E-state index contributed by atoms with van der Waals surface area (Å²) in [7, 11) is 0. The highest BCUT2D eigenvalue weighted by Gasteiger charge is 2.64. The lowest BCUT2D eigenvalue weighted by Gasteiger charge is -2.65. The summed E-state index contributed by atoms with van der Waals surface area (Å²) in [5.41, 5.74) is 6.69. The summed E-state index contributed by atoms with van der Waals surface area (Å²) in [5, 5.41) is 4.32. The van der Waals surface area contributed by atoms with Crippen LogP contribution in [-0.2, 0) is 32.2 Å². The number of piperazine rings is 1. The van der Waals surface area contributed by atoms with Gasteiger partial charge >= 0.3 is 0 Å². The number of hydrogen-bond acceptors (Lipinski definition) is 1. The first kappa shape index (κ1) is 29.1. The molecule has 1 atom stereocenters. The normalized spacial score (nSPS) is 19.1. The molecule has 0 aromatic heterocycles. The third-order valence-corrected chi connectivity index (χ3v) is 10.1. The number of quaternary nitrogens is 1. The van der Waals surface area contributed by atoms with Crippen molar-refractivity contribution in [2.24, 2.45) is 0 Å². The molecule has 0 radical (unpaired) electrons. The average Bonchev–Trinajstić information content (AvgIpc) is 3.06. The minimum Gasteiger partial charge on any atom is -0.312 e. The first-order chi connectivity index (χ1) is 21.2. The summed E-state index contributed by atoms with van der Waals surface area (Å²) in [6.07, 6.45) is 3.93. The van der Waals surface area contributed by atoms with Gasteiger partial charge in [-0.25, -0.2) is 0 Å². The molecule has 6 rings (SSSR count). The van der Waals surface area contributed by atoms with Crippen molar-refractivity contribution in [1.82, 2.24) is 5.32 Å². The third kappa shape index (κ3) is 6.09. The zero-order valence-corrected chi connectivity index (χ0v) is 25.5. The predicted octanol–water partition coefficient (Wildman–Crippen LogP) is 8.07. The third-order valence-electron chi connectivity index (χ3n) is 10.1. The zero-order valence-electron chi connectivity index (χ0n) is 25.5. The van der Waals surface area contributed by atoms with E-state index in [1.807, 2.05) is 0 Å². The summed E-state index contributed by atoms with van der Waals surface area (Å²) in [6.45, 7) is 6.61. The Balaban J connectivity index is 1.64. The lowest BCUT2D eigenvalue weighted by atomic mass is 9.60. The lowest BCUT2D eigenvalue weighted by Crippen LogP contribution is -2.84. The quantitative estimate of drug-likeness (QED) is 0.160. The van der Waals surface area contributed by atoms with Gasteiger partial charge in [-0.2, -0.15) is 0 Å². The number of nitrogens with zero attached hydrogens (tertiary/aromatic N) is 1. The molecule has 1 fully saturated rings. The van der Waals surface area contributed by atoms with Crippen LogP contribution < -0.4 is 5.32 Å². The Kier molecular flexibility index (Phi) is 8.88. The largest absolute Gasteiger partial charge is 0.312 e. The summed E-state index contributed by atoms with van der Waals surface area (Å²) in [6, 6.07) is 56.2. The van der Waals surface area contributed by atoms with E-state index in [-0.39, 0.29) is 11.1 Å². The van der Waals surface area contributed by atoms with E-state index in [9.17, 15) is 0 Å². The van der Waals surface area contributed by atoms with Crippen LogP contribution in [0.25, 0.3) is 0 Å². The molecule has 0 spiro atoms. The maximum Gasteiger partial charge on any atom is 0.127 e. The van der Waals surface area contributed by atoms with Gasteiger partial charge in [-0.3, -0.25) is 5.32 Å². The van der Waals surface area contributed by atoms with E-state index in [1.165, 1.54) is 27.8 Å². The molecule has 1 saturated heterocycles. The van der Waals surface area contributed by atoms with E-state index in [1.54, 1.807) is 0 Å². The van der Waals surface area contributed by atoms with Crippen LogP contribution in [0.15, 0.2) is 152 Å². The van der Waals surface area contributed by atoms with Crippen molar-refractivity contribution in [3.8, 4) is 0 Å². The molecule has 1 unspecified atom stereocenters. The molecule has 0 bridgehead atoms. The molecule has 1 aliphatic rings. The van der Waals surface area contributed by atoms with Crippen molar-refractivity contribution in [2.75, 3.05) is 19.6 Å². The molecule has 218 valence electrons. The van der Waals surface area contributed by atoms with Gasteiger partial charge in [-0.1, -0.05) is 152 Å². The lowest BCUT2D eigenvalue weighted by molar-refractivity contribution is -0.995. The van der Waals surface area contributed by atoms with Crippen molar-refractivity contribution in [2.45, 2.75) is 50.2 Å². The summed E-state index contributed by atoms with van der Waals surface area (Å²) in [5.74, 6) is 0. The minimum absolute atomic E-state index is 0.149. The van der Waals surface area contributed by atoms with E-state index >= 15 is 0 Å². The Hall–Kier alpha value is -3.98. The molecular formula is C41H45N2+.